The van der Waals surface area contributed by atoms with Gasteiger partial charge in [-0.1, -0.05) is 17.3 Å². The van der Waals surface area contributed by atoms with Crippen LogP contribution in [0.4, 0.5) is 4.39 Å². The number of benzene rings is 1. The number of rotatable bonds is 4. The molecule has 0 atom stereocenters. The average molecular weight is 397 g/mol. The molecule has 0 radical (unpaired) electrons. The molecule has 0 saturated heterocycles. The standard InChI is InChI=1S/C22H24FN3O3/c1-20(2,23)19-24-18(25-29-19)22-10-7-21(8-11-22,9-12-22)13-26-16(27)14-5-3-4-6-15(14)17(26)28/h3-6H,7-13H2,1-2H3. The molecule has 2 aromatic rings. The topological polar surface area (TPSA) is 76.3 Å². The summed E-state index contributed by atoms with van der Waals surface area (Å²) in [6, 6.07) is 7.03. The molecule has 2 heterocycles. The second-order valence-corrected chi connectivity index (χ2v) is 9.42. The number of carbonyl (C=O) groups is 2. The van der Waals surface area contributed by atoms with Gasteiger partial charge in [-0.05, 0) is 69.9 Å². The summed E-state index contributed by atoms with van der Waals surface area (Å²) in [5.41, 5.74) is -0.885. The summed E-state index contributed by atoms with van der Waals surface area (Å²) in [7, 11) is 0. The molecule has 4 aliphatic rings. The van der Waals surface area contributed by atoms with Crippen molar-refractivity contribution in [1.29, 1.82) is 0 Å². The van der Waals surface area contributed by atoms with Crippen molar-refractivity contribution in [3.05, 3.63) is 47.1 Å². The molecule has 0 spiro atoms. The zero-order chi connectivity index (χ0) is 20.4. The molecule has 7 heteroatoms. The predicted octanol–water partition coefficient (Wildman–Crippen LogP) is 4.16. The minimum atomic E-state index is -1.65. The Morgan fingerprint density at radius 2 is 1.59 bits per heavy atom. The van der Waals surface area contributed by atoms with Crippen LogP contribution in [0, 0.1) is 5.41 Å². The SMILES string of the molecule is CC(C)(F)c1nc(C23CCC(CN4C(=O)c5ccccc5C4=O)(CC2)CC3)no1. The van der Waals surface area contributed by atoms with E-state index in [-0.39, 0.29) is 28.5 Å². The quantitative estimate of drug-likeness (QED) is 0.724. The van der Waals surface area contributed by atoms with E-state index < -0.39 is 5.67 Å². The molecule has 3 saturated carbocycles. The molecule has 1 aromatic heterocycles. The number of amides is 2. The number of nitrogens with zero attached hydrogens (tertiary/aromatic N) is 3. The summed E-state index contributed by atoms with van der Waals surface area (Å²) in [6.45, 7) is 3.29. The highest BCUT2D eigenvalue weighted by molar-refractivity contribution is 6.21. The van der Waals surface area contributed by atoms with Crippen LogP contribution >= 0.6 is 0 Å². The van der Waals surface area contributed by atoms with Crippen LogP contribution < -0.4 is 0 Å². The van der Waals surface area contributed by atoms with Crippen molar-refractivity contribution < 1.29 is 18.5 Å². The van der Waals surface area contributed by atoms with Gasteiger partial charge in [0.1, 0.15) is 0 Å². The van der Waals surface area contributed by atoms with Crippen LogP contribution in [0.15, 0.2) is 28.8 Å². The third-order valence-electron chi connectivity index (χ3n) is 7.18. The largest absolute Gasteiger partial charge is 0.336 e. The van der Waals surface area contributed by atoms with Crippen molar-refractivity contribution in [3.8, 4) is 0 Å². The lowest BCUT2D eigenvalue weighted by Gasteiger charge is -2.52. The number of aromatic nitrogens is 2. The maximum atomic E-state index is 14.1. The average Bonchev–Trinajstić information content (AvgIpc) is 3.31. The first-order valence-electron chi connectivity index (χ1n) is 10.2. The second kappa shape index (κ2) is 5.97. The summed E-state index contributed by atoms with van der Waals surface area (Å²) in [6.07, 6.45) is 5.27. The molecule has 3 fully saturated rings. The third kappa shape index (κ3) is 2.74. The van der Waals surface area contributed by atoms with E-state index in [1.165, 1.54) is 18.7 Å². The fourth-order valence-corrected chi connectivity index (χ4v) is 5.23. The molecule has 0 N–H and O–H groups in total. The van der Waals surface area contributed by atoms with E-state index in [9.17, 15) is 14.0 Å². The monoisotopic (exact) mass is 397 g/mol. The summed E-state index contributed by atoms with van der Waals surface area (Å²) >= 11 is 0. The summed E-state index contributed by atoms with van der Waals surface area (Å²) in [5, 5.41) is 4.11. The van der Waals surface area contributed by atoms with Gasteiger partial charge in [0.25, 0.3) is 17.7 Å². The fraction of sp³-hybridized carbons (Fsp3) is 0.545. The summed E-state index contributed by atoms with van der Waals surface area (Å²) < 4.78 is 19.3. The molecule has 3 aliphatic carbocycles. The van der Waals surface area contributed by atoms with E-state index in [1.54, 1.807) is 24.3 Å². The molecule has 152 valence electrons. The normalized spacial score (nSPS) is 28.9. The van der Waals surface area contributed by atoms with E-state index in [1.807, 2.05) is 0 Å². The summed E-state index contributed by atoms with van der Waals surface area (Å²) in [5.74, 6) is 0.258. The Morgan fingerprint density at radius 1 is 1.03 bits per heavy atom. The van der Waals surface area contributed by atoms with Crippen molar-refractivity contribution in [2.24, 2.45) is 5.41 Å². The van der Waals surface area contributed by atoms with E-state index in [0.717, 1.165) is 38.5 Å². The van der Waals surface area contributed by atoms with Crippen LogP contribution in [0.25, 0.3) is 0 Å². The number of halogens is 1. The highest BCUT2D eigenvalue weighted by Gasteiger charge is 2.53. The van der Waals surface area contributed by atoms with Gasteiger partial charge in [-0.2, -0.15) is 4.98 Å². The minimum absolute atomic E-state index is 0.0234. The molecule has 2 amide bonds. The Labute approximate surface area is 168 Å². The molecular formula is C22H24FN3O3. The molecule has 1 aliphatic heterocycles. The Hall–Kier alpha value is -2.57. The van der Waals surface area contributed by atoms with E-state index >= 15 is 0 Å². The molecule has 29 heavy (non-hydrogen) atoms. The van der Waals surface area contributed by atoms with Crippen molar-refractivity contribution in [3.63, 3.8) is 0 Å². The third-order valence-corrected chi connectivity index (χ3v) is 7.18. The molecular weight excluding hydrogens is 373 g/mol. The lowest BCUT2D eigenvalue weighted by atomic mass is 9.53. The Kier molecular flexibility index (Phi) is 3.80. The summed E-state index contributed by atoms with van der Waals surface area (Å²) in [4.78, 5) is 31.4. The number of carbonyl (C=O) groups excluding carboxylic acids is 2. The maximum Gasteiger partial charge on any atom is 0.263 e. The van der Waals surface area contributed by atoms with E-state index in [4.69, 9.17) is 4.52 Å². The van der Waals surface area contributed by atoms with Crippen molar-refractivity contribution in [2.75, 3.05) is 6.54 Å². The maximum absolute atomic E-state index is 14.1. The smallest absolute Gasteiger partial charge is 0.263 e. The van der Waals surface area contributed by atoms with Gasteiger partial charge in [-0.3, -0.25) is 14.5 Å². The van der Waals surface area contributed by atoms with Crippen LogP contribution in [-0.2, 0) is 11.1 Å². The molecule has 6 rings (SSSR count). The second-order valence-electron chi connectivity index (χ2n) is 9.42. The van der Waals surface area contributed by atoms with Gasteiger partial charge in [-0.25, -0.2) is 4.39 Å². The van der Waals surface area contributed by atoms with Gasteiger partial charge in [-0.15, -0.1) is 0 Å². The number of fused-ring (bicyclic) bond motifs is 4. The predicted molar refractivity (Wildman–Crippen MR) is 102 cm³/mol. The van der Waals surface area contributed by atoms with Crippen molar-refractivity contribution in [1.82, 2.24) is 15.0 Å². The molecule has 1 aromatic carbocycles. The number of hydrogen-bond donors (Lipinski definition) is 0. The lowest BCUT2D eigenvalue weighted by molar-refractivity contribution is 0.00847. The molecule has 0 unspecified atom stereocenters. The highest BCUT2D eigenvalue weighted by Crippen LogP contribution is 2.57. The van der Waals surface area contributed by atoms with Crippen molar-refractivity contribution in [2.45, 2.75) is 63.5 Å². The van der Waals surface area contributed by atoms with Crippen LogP contribution in [0.3, 0.4) is 0 Å². The fourth-order valence-electron chi connectivity index (χ4n) is 5.23. The lowest BCUT2D eigenvalue weighted by Crippen LogP contribution is -2.50. The van der Waals surface area contributed by atoms with Gasteiger partial charge < -0.3 is 4.52 Å². The van der Waals surface area contributed by atoms with Crippen molar-refractivity contribution >= 4 is 11.8 Å². The van der Waals surface area contributed by atoms with Crippen LogP contribution in [0.5, 0.6) is 0 Å². The first-order valence-corrected chi connectivity index (χ1v) is 10.2. The number of imide groups is 1. The Bertz CT molecular complexity index is 947. The van der Waals surface area contributed by atoms with Gasteiger partial charge in [0, 0.05) is 12.0 Å². The first kappa shape index (κ1) is 18.5. The molecule has 2 bridgehead atoms. The van der Waals surface area contributed by atoms with Crippen LogP contribution in [0.1, 0.15) is 84.8 Å². The van der Waals surface area contributed by atoms with E-state index in [2.05, 4.69) is 10.1 Å². The van der Waals surface area contributed by atoms with Gasteiger partial charge in [0.2, 0.25) is 0 Å². The number of hydrogen-bond acceptors (Lipinski definition) is 5. The molecule has 6 nitrogen and oxygen atoms in total. The van der Waals surface area contributed by atoms with Gasteiger partial charge in [0.05, 0.1) is 11.1 Å². The van der Waals surface area contributed by atoms with E-state index in [0.29, 0.717) is 23.5 Å². The minimum Gasteiger partial charge on any atom is -0.336 e. The van der Waals surface area contributed by atoms with Gasteiger partial charge in [0.15, 0.2) is 11.5 Å². The zero-order valence-corrected chi connectivity index (χ0v) is 16.7. The van der Waals surface area contributed by atoms with Crippen LogP contribution in [0.2, 0.25) is 0 Å². The Balaban J connectivity index is 1.34. The highest BCUT2D eigenvalue weighted by atomic mass is 19.1. The zero-order valence-electron chi connectivity index (χ0n) is 16.7. The van der Waals surface area contributed by atoms with Crippen LogP contribution in [-0.4, -0.2) is 33.4 Å². The van der Waals surface area contributed by atoms with Gasteiger partial charge >= 0.3 is 0 Å². The number of alkyl halides is 1. The first-order chi connectivity index (χ1) is 13.7. The Morgan fingerprint density at radius 3 is 2.07 bits per heavy atom.